The Morgan fingerprint density at radius 1 is 1.42 bits per heavy atom. The lowest BCUT2D eigenvalue weighted by Gasteiger charge is -2.07. The van der Waals surface area contributed by atoms with E-state index >= 15 is 0 Å². The van der Waals surface area contributed by atoms with Gasteiger partial charge in [-0.15, -0.1) is 11.8 Å². The summed E-state index contributed by atoms with van der Waals surface area (Å²) in [4.78, 5) is 22.3. The van der Waals surface area contributed by atoms with Gasteiger partial charge in [-0.25, -0.2) is 0 Å². The molecule has 19 heavy (non-hydrogen) atoms. The van der Waals surface area contributed by atoms with E-state index in [2.05, 4.69) is 15.5 Å². The van der Waals surface area contributed by atoms with Gasteiger partial charge in [-0.1, -0.05) is 6.07 Å². The van der Waals surface area contributed by atoms with E-state index in [9.17, 15) is 9.59 Å². The summed E-state index contributed by atoms with van der Waals surface area (Å²) < 4.78 is 0. The largest absolute Gasteiger partial charge is 0.369 e. The molecule has 0 saturated heterocycles. The third-order valence-electron chi connectivity index (χ3n) is 2.59. The van der Waals surface area contributed by atoms with E-state index < -0.39 is 5.91 Å². The SMILES string of the molecule is Cc1ccc(NC(=O)CSCC(N)=O)c2[nH]ncc12. The third kappa shape index (κ3) is 3.25. The van der Waals surface area contributed by atoms with Crippen LogP contribution in [0.5, 0.6) is 0 Å². The molecule has 0 radical (unpaired) electrons. The number of aryl methyl sites for hydroxylation is 1. The van der Waals surface area contributed by atoms with E-state index in [0.29, 0.717) is 5.69 Å². The molecule has 1 aromatic heterocycles. The molecular formula is C12H14N4O2S. The number of nitrogens with one attached hydrogen (secondary N) is 2. The number of thioether (sulfide) groups is 1. The lowest BCUT2D eigenvalue weighted by molar-refractivity contribution is -0.115. The number of nitrogens with zero attached hydrogens (tertiary/aromatic N) is 1. The first-order chi connectivity index (χ1) is 9.08. The molecule has 0 spiro atoms. The van der Waals surface area contributed by atoms with Crippen LogP contribution in [0.2, 0.25) is 0 Å². The average Bonchev–Trinajstić information content (AvgIpc) is 2.82. The summed E-state index contributed by atoms with van der Waals surface area (Å²) in [5.74, 6) is -0.275. The molecule has 0 unspecified atom stereocenters. The van der Waals surface area contributed by atoms with Gasteiger partial charge in [-0.2, -0.15) is 5.10 Å². The van der Waals surface area contributed by atoms with Gasteiger partial charge in [0.2, 0.25) is 11.8 Å². The highest BCUT2D eigenvalue weighted by molar-refractivity contribution is 8.00. The highest BCUT2D eigenvalue weighted by atomic mass is 32.2. The second-order valence-corrected chi connectivity index (χ2v) is 5.08. The number of carbonyl (C=O) groups is 2. The fourth-order valence-electron chi connectivity index (χ4n) is 1.71. The number of aromatic amines is 1. The van der Waals surface area contributed by atoms with Gasteiger partial charge < -0.3 is 11.1 Å². The standard InChI is InChI=1S/C12H14N4O2S/c1-7-2-3-9(12-8(7)4-14-16-12)15-11(18)6-19-5-10(13)17/h2-4H,5-6H2,1H3,(H2,13,17)(H,14,16)(H,15,18). The van der Waals surface area contributed by atoms with E-state index in [1.54, 1.807) is 6.20 Å². The Morgan fingerprint density at radius 2 is 2.21 bits per heavy atom. The first-order valence-electron chi connectivity index (χ1n) is 5.66. The summed E-state index contributed by atoms with van der Waals surface area (Å²) in [7, 11) is 0. The van der Waals surface area contributed by atoms with E-state index in [1.807, 2.05) is 19.1 Å². The molecule has 0 aliphatic carbocycles. The van der Waals surface area contributed by atoms with Crippen molar-refractivity contribution in [2.45, 2.75) is 6.92 Å². The molecule has 6 nitrogen and oxygen atoms in total. The number of amides is 2. The van der Waals surface area contributed by atoms with Gasteiger partial charge in [0.05, 0.1) is 28.9 Å². The van der Waals surface area contributed by atoms with Crippen LogP contribution in [-0.2, 0) is 9.59 Å². The van der Waals surface area contributed by atoms with Gasteiger partial charge in [-0.05, 0) is 18.6 Å². The molecule has 0 saturated carbocycles. The Labute approximate surface area is 114 Å². The zero-order valence-electron chi connectivity index (χ0n) is 10.4. The maximum atomic E-state index is 11.7. The number of primary amides is 1. The van der Waals surface area contributed by atoms with Crippen LogP contribution >= 0.6 is 11.8 Å². The molecule has 0 aliphatic heterocycles. The van der Waals surface area contributed by atoms with E-state index in [0.717, 1.165) is 16.5 Å². The number of anilines is 1. The molecule has 2 rings (SSSR count). The predicted molar refractivity (Wildman–Crippen MR) is 76.0 cm³/mol. The van der Waals surface area contributed by atoms with Gasteiger partial charge in [-0.3, -0.25) is 14.7 Å². The van der Waals surface area contributed by atoms with E-state index in [-0.39, 0.29) is 17.4 Å². The van der Waals surface area contributed by atoms with Gasteiger partial charge in [0.1, 0.15) is 0 Å². The van der Waals surface area contributed by atoms with Crippen LogP contribution in [-0.4, -0.2) is 33.5 Å². The van der Waals surface area contributed by atoms with Crippen LogP contribution in [0, 0.1) is 6.92 Å². The minimum Gasteiger partial charge on any atom is -0.369 e. The van der Waals surface area contributed by atoms with Crippen molar-refractivity contribution in [3.63, 3.8) is 0 Å². The Morgan fingerprint density at radius 3 is 2.95 bits per heavy atom. The Bertz CT molecular complexity index is 623. The minimum atomic E-state index is -0.427. The number of carbonyl (C=O) groups excluding carboxylic acids is 2. The lowest BCUT2D eigenvalue weighted by Crippen LogP contribution is -2.18. The number of nitrogens with two attached hydrogens (primary N) is 1. The zero-order chi connectivity index (χ0) is 13.8. The van der Waals surface area contributed by atoms with Gasteiger partial charge in [0, 0.05) is 5.39 Å². The Hall–Kier alpha value is -2.02. The number of hydrogen-bond donors (Lipinski definition) is 3. The normalized spacial score (nSPS) is 10.6. The first kappa shape index (κ1) is 13.4. The molecular weight excluding hydrogens is 264 g/mol. The summed E-state index contributed by atoms with van der Waals surface area (Å²) in [5, 5.41) is 10.6. The number of hydrogen-bond acceptors (Lipinski definition) is 4. The second kappa shape index (κ2) is 5.75. The number of aromatic nitrogens is 2. The molecule has 2 aromatic rings. The monoisotopic (exact) mass is 278 g/mol. The van der Waals surface area contributed by atoms with Crippen molar-refractivity contribution < 1.29 is 9.59 Å². The van der Waals surface area contributed by atoms with Crippen LogP contribution in [0.15, 0.2) is 18.3 Å². The van der Waals surface area contributed by atoms with Crippen LogP contribution in [0.25, 0.3) is 10.9 Å². The van der Waals surface area contributed by atoms with Gasteiger partial charge >= 0.3 is 0 Å². The van der Waals surface area contributed by atoms with Crippen molar-refractivity contribution in [3.05, 3.63) is 23.9 Å². The molecule has 0 atom stereocenters. The molecule has 7 heteroatoms. The summed E-state index contributed by atoms with van der Waals surface area (Å²) in [5.41, 5.74) is 7.57. The molecule has 100 valence electrons. The lowest BCUT2D eigenvalue weighted by atomic mass is 10.1. The van der Waals surface area contributed by atoms with Crippen molar-refractivity contribution in [3.8, 4) is 0 Å². The summed E-state index contributed by atoms with van der Waals surface area (Å²) in [6.45, 7) is 1.98. The number of H-pyrrole nitrogens is 1. The predicted octanol–water partition coefficient (Wildman–Crippen LogP) is 1.03. The zero-order valence-corrected chi connectivity index (χ0v) is 11.2. The number of fused-ring (bicyclic) bond motifs is 1. The number of benzene rings is 1. The number of rotatable bonds is 5. The maximum Gasteiger partial charge on any atom is 0.234 e. The quantitative estimate of drug-likeness (QED) is 0.760. The van der Waals surface area contributed by atoms with Gasteiger partial charge in [0.15, 0.2) is 0 Å². The molecule has 0 bridgehead atoms. The second-order valence-electron chi connectivity index (χ2n) is 4.10. The van der Waals surface area contributed by atoms with Crippen molar-refractivity contribution in [1.82, 2.24) is 10.2 Å². The molecule has 0 aliphatic rings. The highest BCUT2D eigenvalue weighted by Gasteiger charge is 2.09. The van der Waals surface area contributed by atoms with Crippen LogP contribution < -0.4 is 11.1 Å². The molecule has 1 heterocycles. The Balaban J connectivity index is 2.05. The minimum absolute atomic E-state index is 0.140. The molecule has 1 aromatic carbocycles. The summed E-state index contributed by atoms with van der Waals surface area (Å²) in [6, 6.07) is 3.75. The first-order valence-corrected chi connectivity index (χ1v) is 6.82. The van der Waals surface area contributed by atoms with Crippen LogP contribution in [0.3, 0.4) is 0 Å². The molecule has 0 fully saturated rings. The maximum absolute atomic E-state index is 11.7. The summed E-state index contributed by atoms with van der Waals surface area (Å²) >= 11 is 1.19. The smallest absolute Gasteiger partial charge is 0.234 e. The third-order valence-corrected chi connectivity index (χ3v) is 3.54. The fraction of sp³-hybridized carbons (Fsp3) is 0.250. The average molecular weight is 278 g/mol. The summed E-state index contributed by atoms with van der Waals surface area (Å²) in [6.07, 6.45) is 1.72. The van der Waals surface area contributed by atoms with Crippen molar-refractivity contribution in [1.29, 1.82) is 0 Å². The van der Waals surface area contributed by atoms with Crippen molar-refractivity contribution in [2.24, 2.45) is 5.73 Å². The van der Waals surface area contributed by atoms with Crippen LogP contribution in [0.4, 0.5) is 5.69 Å². The van der Waals surface area contributed by atoms with E-state index in [1.165, 1.54) is 11.8 Å². The van der Waals surface area contributed by atoms with Crippen molar-refractivity contribution >= 4 is 40.2 Å². The molecule has 4 N–H and O–H groups in total. The topological polar surface area (TPSA) is 101 Å². The van der Waals surface area contributed by atoms with E-state index in [4.69, 9.17) is 5.73 Å². The van der Waals surface area contributed by atoms with Crippen molar-refractivity contribution in [2.75, 3.05) is 16.8 Å². The van der Waals surface area contributed by atoms with Crippen LogP contribution in [0.1, 0.15) is 5.56 Å². The Kier molecular flexibility index (Phi) is 4.06. The molecule has 2 amide bonds. The fourth-order valence-corrected chi connectivity index (χ4v) is 2.27. The van der Waals surface area contributed by atoms with Gasteiger partial charge in [0.25, 0.3) is 0 Å². The highest BCUT2D eigenvalue weighted by Crippen LogP contribution is 2.24.